The standard InChI is InChI=1S/C15H20N4OS/c1-2-5-17-13-10-21-9-12(13)15-18-14(19-20-15)8-11-3-6-16-7-4-11/h3-4,6-7,12-13,17H,2,5,8-10H2,1H3. The monoisotopic (exact) mass is 304 g/mol. The molecule has 6 heteroatoms. The zero-order valence-electron chi connectivity index (χ0n) is 12.2. The molecule has 1 saturated heterocycles. The van der Waals surface area contributed by atoms with Gasteiger partial charge in [-0.15, -0.1) is 0 Å². The maximum absolute atomic E-state index is 5.50. The summed E-state index contributed by atoms with van der Waals surface area (Å²) < 4.78 is 5.50. The van der Waals surface area contributed by atoms with E-state index < -0.39 is 0 Å². The highest BCUT2D eigenvalue weighted by molar-refractivity contribution is 7.99. The van der Waals surface area contributed by atoms with E-state index in [0.717, 1.165) is 41.7 Å². The summed E-state index contributed by atoms with van der Waals surface area (Å²) in [6, 6.07) is 4.41. The summed E-state index contributed by atoms with van der Waals surface area (Å²) in [6.45, 7) is 3.23. The van der Waals surface area contributed by atoms with Crippen LogP contribution in [0.2, 0.25) is 0 Å². The lowest BCUT2D eigenvalue weighted by Crippen LogP contribution is -2.34. The van der Waals surface area contributed by atoms with Gasteiger partial charge in [-0.2, -0.15) is 16.7 Å². The molecule has 1 fully saturated rings. The van der Waals surface area contributed by atoms with Crippen LogP contribution < -0.4 is 5.32 Å². The molecular formula is C15H20N4OS. The summed E-state index contributed by atoms with van der Waals surface area (Å²) in [5.74, 6) is 4.03. The zero-order chi connectivity index (χ0) is 14.5. The van der Waals surface area contributed by atoms with Crippen LogP contribution in [0.15, 0.2) is 29.0 Å². The van der Waals surface area contributed by atoms with Crippen LogP contribution in [-0.4, -0.2) is 39.2 Å². The van der Waals surface area contributed by atoms with Crippen molar-refractivity contribution in [3.05, 3.63) is 41.8 Å². The molecule has 1 N–H and O–H groups in total. The van der Waals surface area contributed by atoms with E-state index in [1.807, 2.05) is 23.9 Å². The minimum absolute atomic E-state index is 0.334. The first-order valence-corrected chi connectivity index (χ1v) is 8.54. The Bertz CT molecular complexity index is 560. The lowest BCUT2D eigenvalue weighted by Gasteiger charge is -2.16. The average molecular weight is 304 g/mol. The van der Waals surface area contributed by atoms with Gasteiger partial charge in [0.1, 0.15) is 0 Å². The van der Waals surface area contributed by atoms with E-state index in [1.54, 1.807) is 12.4 Å². The average Bonchev–Trinajstić information content (AvgIpc) is 3.15. The normalized spacial score (nSPS) is 21.8. The second-order valence-corrected chi connectivity index (χ2v) is 6.36. The summed E-state index contributed by atoms with van der Waals surface area (Å²) in [4.78, 5) is 8.61. The predicted octanol–water partition coefficient (Wildman–Crippen LogP) is 2.25. The van der Waals surface area contributed by atoms with Gasteiger partial charge >= 0.3 is 0 Å². The first-order chi connectivity index (χ1) is 10.4. The highest BCUT2D eigenvalue weighted by Crippen LogP contribution is 2.32. The fourth-order valence-corrected chi connectivity index (χ4v) is 3.87. The third-order valence-electron chi connectivity index (χ3n) is 3.65. The molecular weight excluding hydrogens is 284 g/mol. The number of rotatable bonds is 6. The van der Waals surface area contributed by atoms with E-state index in [9.17, 15) is 0 Å². The molecule has 0 spiro atoms. The Hall–Kier alpha value is -1.40. The van der Waals surface area contributed by atoms with Crippen LogP contribution in [0.1, 0.15) is 36.5 Å². The Morgan fingerprint density at radius 3 is 3.00 bits per heavy atom. The molecule has 0 amide bonds. The van der Waals surface area contributed by atoms with Gasteiger partial charge in [-0.1, -0.05) is 12.1 Å². The van der Waals surface area contributed by atoms with Crippen LogP contribution in [0, 0.1) is 0 Å². The van der Waals surface area contributed by atoms with Crippen molar-refractivity contribution in [1.82, 2.24) is 20.4 Å². The van der Waals surface area contributed by atoms with Crippen LogP contribution in [0.25, 0.3) is 0 Å². The van der Waals surface area contributed by atoms with Crippen LogP contribution >= 0.6 is 11.8 Å². The lowest BCUT2D eigenvalue weighted by atomic mass is 10.0. The van der Waals surface area contributed by atoms with Gasteiger partial charge in [0.25, 0.3) is 0 Å². The minimum atomic E-state index is 0.334. The maximum Gasteiger partial charge on any atom is 0.232 e. The molecule has 21 heavy (non-hydrogen) atoms. The third kappa shape index (κ3) is 3.63. The smallest absolute Gasteiger partial charge is 0.232 e. The Labute approximate surface area is 128 Å². The molecule has 3 heterocycles. The van der Waals surface area contributed by atoms with Gasteiger partial charge in [-0.05, 0) is 30.7 Å². The molecule has 2 aromatic rings. The molecule has 0 saturated carbocycles. The van der Waals surface area contributed by atoms with Crippen molar-refractivity contribution in [3.8, 4) is 0 Å². The largest absolute Gasteiger partial charge is 0.339 e. The van der Waals surface area contributed by atoms with Gasteiger partial charge < -0.3 is 9.84 Å². The van der Waals surface area contributed by atoms with Crippen molar-refractivity contribution < 1.29 is 4.52 Å². The molecule has 0 bridgehead atoms. The Kier molecular flexibility index (Phi) is 4.87. The van der Waals surface area contributed by atoms with E-state index in [0.29, 0.717) is 18.4 Å². The van der Waals surface area contributed by atoms with Crippen molar-refractivity contribution in [3.63, 3.8) is 0 Å². The zero-order valence-corrected chi connectivity index (χ0v) is 13.0. The number of aromatic nitrogens is 3. The van der Waals surface area contributed by atoms with Gasteiger partial charge in [-0.25, -0.2) is 0 Å². The highest BCUT2D eigenvalue weighted by atomic mass is 32.2. The number of nitrogens with one attached hydrogen (secondary N) is 1. The van der Waals surface area contributed by atoms with Crippen LogP contribution in [0.3, 0.4) is 0 Å². The predicted molar refractivity (Wildman–Crippen MR) is 83.5 cm³/mol. The molecule has 112 valence electrons. The van der Waals surface area contributed by atoms with Gasteiger partial charge in [0.2, 0.25) is 5.89 Å². The quantitative estimate of drug-likeness (QED) is 0.883. The Morgan fingerprint density at radius 1 is 1.33 bits per heavy atom. The first-order valence-electron chi connectivity index (χ1n) is 7.39. The summed E-state index contributed by atoms with van der Waals surface area (Å²) in [5.41, 5.74) is 1.15. The van der Waals surface area contributed by atoms with Crippen LogP contribution in [0.4, 0.5) is 0 Å². The maximum atomic E-state index is 5.50. The highest BCUT2D eigenvalue weighted by Gasteiger charge is 2.32. The van der Waals surface area contributed by atoms with Gasteiger partial charge in [0.05, 0.1) is 5.92 Å². The van der Waals surface area contributed by atoms with Gasteiger partial charge in [0.15, 0.2) is 5.82 Å². The molecule has 2 aromatic heterocycles. The summed E-state index contributed by atoms with van der Waals surface area (Å²) in [6.07, 6.45) is 5.41. The topological polar surface area (TPSA) is 63.8 Å². The summed E-state index contributed by atoms with van der Waals surface area (Å²) in [7, 11) is 0. The number of nitrogens with zero attached hydrogens (tertiary/aromatic N) is 3. The molecule has 1 aliphatic rings. The summed E-state index contributed by atoms with van der Waals surface area (Å²) >= 11 is 1.95. The van der Waals surface area contributed by atoms with Crippen molar-refractivity contribution in [2.45, 2.75) is 31.7 Å². The molecule has 2 atom stereocenters. The Morgan fingerprint density at radius 2 is 2.19 bits per heavy atom. The number of hydrogen-bond acceptors (Lipinski definition) is 6. The van der Waals surface area contributed by atoms with E-state index in [-0.39, 0.29) is 0 Å². The second kappa shape index (κ2) is 7.04. The van der Waals surface area contributed by atoms with Crippen LogP contribution in [0.5, 0.6) is 0 Å². The minimum Gasteiger partial charge on any atom is -0.339 e. The van der Waals surface area contributed by atoms with Crippen molar-refractivity contribution in [2.24, 2.45) is 0 Å². The Balaban J connectivity index is 1.66. The van der Waals surface area contributed by atoms with E-state index in [1.165, 1.54) is 0 Å². The van der Waals surface area contributed by atoms with Crippen molar-refractivity contribution in [2.75, 3.05) is 18.1 Å². The van der Waals surface area contributed by atoms with Gasteiger partial charge in [-0.3, -0.25) is 4.98 Å². The second-order valence-electron chi connectivity index (χ2n) is 5.29. The molecule has 2 unspecified atom stereocenters. The lowest BCUT2D eigenvalue weighted by molar-refractivity contribution is 0.336. The van der Waals surface area contributed by atoms with Crippen molar-refractivity contribution >= 4 is 11.8 Å². The summed E-state index contributed by atoms with van der Waals surface area (Å²) in [5, 5.41) is 7.71. The molecule has 0 radical (unpaired) electrons. The van der Waals surface area contributed by atoms with E-state index in [2.05, 4.69) is 27.4 Å². The number of pyridine rings is 1. The number of hydrogen-bond donors (Lipinski definition) is 1. The number of thioether (sulfide) groups is 1. The van der Waals surface area contributed by atoms with Gasteiger partial charge in [0, 0.05) is 36.4 Å². The van der Waals surface area contributed by atoms with E-state index >= 15 is 0 Å². The molecule has 1 aliphatic heterocycles. The molecule has 0 aromatic carbocycles. The fourth-order valence-electron chi connectivity index (χ4n) is 2.50. The third-order valence-corrected chi connectivity index (χ3v) is 4.84. The van der Waals surface area contributed by atoms with E-state index in [4.69, 9.17) is 4.52 Å². The molecule has 3 rings (SSSR count). The van der Waals surface area contributed by atoms with Crippen LogP contribution in [-0.2, 0) is 6.42 Å². The first kappa shape index (κ1) is 14.5. The molecule has 5 nitrogen and oxygen atoms in total. The van der Waals surface area contributed by atoms with Crippen molar-refractivity contribution in [1.29, 1.82) is 0 Å². The molecule has 0 aliphatic carbocycles. The SMILES string of the molecule is CCCNC1CSCC1c1nc(Cc2ccncc2)no1. The fraction of sp³-hybridized carbons (Fsp3) is 0.533.